The van der Waals surface area contributed by atoms with Crippen LogP contribution >= 0.6 is 0 Å². The molecule has 0 aliphatic heterocycles. The zero-order valence-corrected chi connectivity index (χ0v) is 34.7. The number of unbranched alkanes of at least 4 members (excludes halogenated alkanes) is 12. The number of allylic oxidation sites excluding steroid dienone is 14. The first-order chi connectivity index (χ1) is 26.5. The maximum Gasteiger partial charge on any atom is 0.306 e. The van der Waals surface area contributed by atoms with Gasteiger partial charge in [0.25, 0.3) is 0 Å². The molecule has 306 valence electrons. The van der Waals surface area contributed by atoms with E-state index in [0.29, 0.717) is 19.3 Å². The van der Waals surface area contributed by atoms with Crippen LogP contribution < -0.4 is 0 Å². The van der Waals surface area contributed by atoms with Gasteiger partial charge in [0.1, 0.15) is 13.2 Å². The van der Waals surface area contributed by atoms with E-state index in [1.54, 1.807) is 0 Å². The molecule has 6 nitrogen and oxygen atoms in total. The van der Waals surface area contributed by atoms with Gasteiger partial charge in [-0.1, -0.05) is 176 Å². The number of ether oxygens (including phenoxy) is 3. The highest BCUT2D eigenvalue weighted by atomic mass is 16.6. The molecule has 0 N–H and O–H groups in total. The van der Waals surface area contributed by atoms with E-state index in [2.05, 4.69) is 106 Å². The van der Waals surface area contributed by atoms with E-state index >= 15 is 0 Å². The van der Waals surface area contributed by atoms with E-state index in [-0.39, 0.29) is 37.5 Å². The largest absolute Gasteiger partial charge is 0.462 e. The Morgan fingerprint density at radius 2 is 0.722 bits per heavy atom. The lowest BCUT2D eigenvalue weighted by Crippen LogP contribution is -2.30. The molecule has 0 aliphatic rings. The summed E-state index contributed by atoms with van der Waals surface area (Å²) in [6, 6.07) is 0. The van der Waals surface area contributed by atoms with E-state index < -0.39 is 6.10 Å². The average molecular weight is 751 g/mol. The smallest absolute Gasteiger partial charge is 0.306 e. The van der Waals surface area contributed by atoms with E-state index in [1.165, 1.54) is 44.9 Å². The molecule has 0 radical (unpaired) electrons. The lowest BCUT2D eigenvalue weighted by atomic mass is 10.1. The summed E-state index contributed by atoms with van der Waals surface area (Å²) in [4.78, 5) is 37.3. The molecule has 0 aromatic heterocycles. The molecule has 0 saturated carbocycles. The van der Waals surface area contributed by atoms with Gasteiger partial charge in [-0.25, -0.2) is 0 Å². The second-order valence-electron chi connectivity index (χ2n) is 13.9. The fourth-order valence-electron chi connectivity index (χ4n) is 5.43. The molecule has 0 amide bonds. The van der Waals surface area contributed by atoms with Crippen molar-refractivity contribution in [2.24, 2.45) is 0 Å². The minimum absolute atomic E-state index is 0.0952. The van der Waals surface area contributed by atoms with Crippen molar-refractivity contribution in [2.75, 3.05) is 13.2 Å². The number of esters is 3. The summed E-state index contributed by atoms with van der Waals surface area (Å²) < 4.78 is 16.5. The van der Waals surface area contributed by atoms with Crippen molar-refractivity contribution >= 4 is 17.9 Å². The third-order valence-electron chi connectivity index (χ3n) is 8.66. The molecule has 0 heterocycles. The first kappa shape index (κ1) is 50.6. The van der Waals surface area contributed by atoms with Crippen LogP contribution in [0.2, 0.25) is 0 Å². The molecule has 0 bridgehead atoms. The van der Waals surface area contributed by atoms with Crippen molar-refractivity contribution in [3.63, 3.8) is 0 Å². The Morgan fingerprint density at radius 3 is 1.13 bits per heavy atom. The van der Waals surface area contributed by atoms with Gasteiger partial charge in [-0.2, -0.15) is 0 Å². The number of hydrogen-bond acceptors (Lipinski definition) is 6. The van der Waals surface area contributed by atoms with E-state index in [0.717, 1.165) is 89.9 Å². The summed E-state index contributed by atoms with van der Waals surface area (Å²) in [6.45, 7) is 6.33. The van der Waals surface area contributed by atoms with Crippen LogP contribution in [0.1, 0.15) is 181 Å². The van der Waals surface area contributed by atoms with Gasteiger partial charge in [0.15, 0.2) is 6.10 Å². The Bertz CT molecular complexity index is 1090. The van der Waals surface area contributed by atoms with Crippen LogP contribution in [0, 0.1) is 0 Å². The van der Waals surface area contributed by atoms with Gasteiger partial charge >= 0.3 is 17.9 Å². The Balaban J connectivity index is 4.28. The van der Waals surface area contributed by atoms with Crippen molar-refractivity contribution in [1.29, 1.82) is 0 Å². The summed E-state index contributed by atoms with van der Waals surface area (Å²) in [5.74, 6) is -0.985. The first-order valence-corrected chi connectivity index (χ1v) is 21.6. The Labute approximate surface area is 331 Å². The molecule has 0 aliphatic carbocycles. The summed E-state index contributed by atoms with van der Waals surface area (Å²) >= 11 is 0. The van der Waals surface area contributed by atoms with Crippen LogP contribution in [0.25, 0.3) is 0 Å². The van der Waals surface area contributed by atoms with Gasteiger partial charge in [-0.3, -0.25) is 14.4 Å². The molecule has 0 aromatic rings. The predicted octanol–water partition coefficient (Wildman–Crippen LogP) is 13.7. The van der Waals surface area contributed by atoms with Crippen molar-refractivity contribution in [1.82, 2.24) is 0 Å². The van der Waals surface area contributed by atoms with Gasteiger partial charge in [-0.15, -0.1) is 0 Å². The molecule has 6 heteroatoms. The summed E-state index contributed by atoms with van der Waals surface area (Å²) in [5, 5.41) is 0. The Hall–Kier alpha value is -3.41. The molecule has 1 atom stereocenters. The van der Waals surface area contributed by atoms with Crippen LogP contribution in [0.3, 0.4) is 0 Å². The molecular formula is C48H78O6. The van der Waals surface area contributed by atoms with Crippen LogP contribution in [0.15, 0.2) is 85.1 Å². The molecule has 1 unspecified atom stereocenters. The quantitative estimate of drug-likeness (QED) is 0.0272. The molecule has 0 fully saturated rings. The molecule has 0 aromatic carbocycles. The van der Waals surface area contributed by atoms with Gasteiger partial charge in [0, 0.05) is 19.3 Å². The van der Waals surface area contributed by atoms with Gasteiger partial charge in [-0.05, 0) is 70.6 Å². The fourth-order valence-corrected chi connectivity index (χ4v) is 5.43. The fraction of sp³-hybridized carbons (Fsp3) is 0.646. The van der Waals surface area contributed by atoms with E-state index in [4.69, 9.17) is 14.2 Å². The first-order valence-electron chi connectivity index (χ1n) is 21.6. The third-order valence-corrected chi connectivity index (χ3v) is 8.66. The molecule has 0 rings (SSSR count). The van der Waals surface area contributed by atoms with Gasteiger partial charge < -0.3 is 14.2 Å². The molecular weight excluding hydrogens is 673 g/mol. The van der Waals surface area contributed by atoms with E-state index in [9.17, 15) is 14.4 Å². The van der Waals surface area contributed by atoms with Crippen molar-refractivity contribution in [3.05, 3.63) is 85.1 Å². The Kier molecular flexibility index (Phi) is 39.7. The number of rotatable bonds is 37. The molecule has 0 spiro atoms. The number of carbonyl (C=O) groups is 3. The summed E-state index contributed by atoms with van der Waals surface area (Å²) in [6.07, 6.45) is 53.2. The van der Waals surface area contributed by atoms with Gasteiger partial charge in [0.2, 0.25) is 0 Å². The minimum atomic E-state index is -0.791. The zero-order chi connectivity index (χ0) is 39.4. The predicted molar refractivity (Wildman–Crippen MR) is 228 cm³/mol. The molecule has 0 saturated heterocycles. The normalized spacial score (nSPS) is 12.9. The summed E-state index contributed by atoms with van der Waals surface area (Å²) in [7, 11) is 0. The van der Waals surface area contributed by atoms with Crippen LogP contribution in [-0.2, 0) is 28.6 Å². The minimum Gasteiger partial charge on any atom is -0.462 e. The third kappa shape index (κ3) is 39.8. The maximum absolute atomic E-state index is 12.5. The topological polar surface area (TPSA) is 78.9 Å². The highest BCUT2D eigenvalue weighted by Crippen LogP contribution is 2.11. The summed E-state index contributed by atoms with van der Waals surface area (Å²) in [5.41, 5.74) is 0. The monoisotopic (exact) mass is 751 g/mol. The van der Waals surface area contributed by atoms with Crippen molar-refractivity contribution < 1.29 is 28.6 Å². The highest BCUT2D eigenvalue weighted by Gasteiger charge is 2.19. The number of hydrogen-bond donors (Lipinski definition) is 0. The van der Waals surface area contributed by atoms with Crippen molar-refractivity contribution in [2.45, 2.75) is 187 Å². The highest BCUT2D eigenvalue weighted by molar-refractivity contribution is 5.71. The van der Waals surface area contributed by atoms with Crippen LogP contribution in [0.5, 0.6) is 0 Å². The standard InChI is InChI=1S/C48H78O6/c1-4-7-10-13-16-17-18-19-20-21-22-23-24-25-26-27-28-29-30-31-33-35-38-41-47(50)53-44-45(43-52-46(49)40-37-34-15-12-9-6-3)54-48(51)42-39-36-32-14-11-8-5-2/h7,10,16-17,19-20,22-23,25-26,28-29,31,33,45H,4-6,8-9,11-15,18,21,24,27,30,32,34-44H2,1-3H3/b10-7-,17-16-,20-19-,23-22-,26-25-,29-28-,33-31-. The SMILES string of the molecule is CC/C=C\C/C=C\C/C=C\C/C=C\C/C=C\C/C=C\C/C=C\CCCC(=O)OCC(COC(=O)CCCCCCCC)OC(=O)CCCCCCCCC. The molecule has 54 heavy (non-hydrogen) atoms. The second-order valence-corrected chi connectivity index (χ2v) is 13.9. The number of carbonyl (C=O) groups excluding carboxylic acids is 3. The van der Waals surface area contributed by atoms with Gasteiger partial charge in [0.05, 0.1) is 0 Å². The van der Waals surface area contributed by atoms with Crippen LogP contribution in [-0.4, -0.2) is 37.2 Å². The zero-order valence-electron chi connectivity index (χ0n) is 34.7. The lowest BCUT2D eigenvalue weighted by molar-refractivity contribution is -0.167. The van der Waals surface area contributed by atoms with Crippen LogP contribution in [0.4, 0.5) is 0 Å². The maximum atomic E-state index is 12.5. The van der Waals surface area contributed by atoms with E-state index in [1.807, 2.05) is 0 Å². The lowest BCUT2D eigenvalue weighted by Gasteiger charge is -2.18. The Morgan fingerprint density at radius 1 is 0.389 bits per heavy atom. The van der Waals surface area contributed by atoms with Crippen molar-refractivity contribution in [3.8, 4) is 0 Å². The second kappa shape index (κ2) is 42.3. The average Bonchev–Trinajstić information content (AvgIpc) is 3.17.